The van der Waals surface area contributed by atoms with Gasteiger partial charge in [0.15, 0.2) is 0 Å². The molecule has 0 unspecified atom stereocenters. The smallest absolute Gasteiger partial charge is 0.321 e. The lowest BCUT2D eigenvalue weighted by Gasteiger charge is -2.35. The van der Waals surface area contributed by atoms with Crippen LogP contribution in [0.15, 0.2) is 96.8 Å². The molecule has 0 spiro atoms. The van der Waals surface area contributed by atoms with Crippen LogP contribution in [0.4, 0.5) is 11.4 Å². The first-order chi connectivity index (χ1) is 30.7. The number of amides is 5. The van der Waals surface area contributed by atoms with Gasteiger partial charge in [0.05, 0.1) is 34.3 Å². The van der Waals surface area contributed by atoms with Crippen LogP contribution in [0.3, 0.4) is 0 Å². The van der Waals surface area contributed by atoms with Crippen molar-refractivity contribution in [2.24, 2.45) is 11.3 Å². The Morgan fingerprint density at radius 1 is 0.875 bits per heavy atom. The average Bonchev–Trinajstić information content (AvgIpc) is 3.92. The summed E-state index contributed by atoms with van der Waals surface area (Å²) in [4.78, 5) is 84.0. The highest BCUT2D eigenvalue weighted by Gasteiger charge is 2.44. The number of aliphatic hydroxyl groups excluding tert-OH is 1. The van der Waals surface area contributed by atoms with Crippen molar-refractivity contribution < 1.29 is 33.8 Å². The maximum atomic E-state index is 14.1. The first-order valence-corrected chi connectivity index (χ1v) is 22.1. The summed E-state index contributed by atoms with van der Waals surface area (Å²) in [5, 5.41) is 21.9. The predicted molar refractivity (Wildman–Crippen MR) is 243 cm³/mol. The lowest BCUT2D eigenvalue weighted by atomic mass is 9.85. The van der Waals surface area contributed by atoms with Gasteiger partial charge < -0.3 is 40.9 Å². The zero-order valence-corrected chi connectivity index (χ0v) is 37.1. The van der Waals surface area contributed by atoms with Gasteiger partial charge in [-0.3, -0.25) is 24.0 Å². The Hall–Kier alpha value is -6.72. The van der Waals surface area contributed by atoms with Gasteiger partial charge in [-0.25, -0.2) is 15.0 Å². The minimum absolute atomic E-state index is 0.0458. The molecule has 17 heteroatoms. The molecule has 334 valence electrons. The Morgan fingerprint density at radius 2 is 1.56 bits per heavy atom. The number of ether oxygens (including phenoxy) is 1. The van der Waals surface area contributed by atoms with Gasteiger partial charge >= 0.3 is 6.01 Å². The third kappa shape index (κ3) is 11.4. The molecule has 2 saturated heterocycles. The molecule has 3 aromatic carbocycles. The van der Waals surface area contributed by atoms with Crippen LogP contribution >= 0.6 is 11.3 Å². The number of benzene rings is 3. The molecule has 0 aliphatic carbocycles. The van der Waals surface area contributed by atoms with E-state index in [2.05, 4.69) is 41.1 Å². The highest BCUT2D eigenvalue weighted by molar-refractivity contribution is 7.13. The monoisotopic (exact) mass is 887 g/mol. The summed E-state index contributed by atoms with van der Waals surface area (Å²) in [5.74, 6) is -1.74. The number of carbonyl (C=O) groups excluding carboxylic acids is 5. The summed E-state index contributed by atoms with van der Waals surface area (Å²) >= 11 is 1.56. The molecule has 7 rings (SSSR count). The van der Waals surface area contributed by atoms with E-state index in [4.69, 9.17) is 4.74 Å². The maximum Gasteiger partial charge on any atom is 0.321 e. The number of aryl methyl sites for hydroxylation is 1. The lowest BCUT2D eigenvalue weighted by molar-refractivity contribution is -0.144. The van der Waals surface area contributed by atoms with E-state index in [-0.39, 0.29) is 55.4 Å². The molecule has 2 aliphatic rings. The molecule has 5 N–H and O–H groups in total. The zero-order valence-electron chi connectivity index (χ0n) is 36.2. The molecule has 0 saturated carbocycles. The van der Waals surface area contributed by atoms with Crippen molar-refractivity contribution in [2.45, 2.75) is 71.7 Å². The molecule has 0 bridgehead atoms. The first kappa shape index (κ1) is 45.3. The van der Waals surface area contributed by atoms with Gasteiger partial charge in [-0.15, -0.1) is 11.3 Å². The minimum atomic E-state index is -1.02. The molecule has 5 amide bonds. The van der Waals surface area contributed by atoms with Gasteiger partial charge in [0, 0.05) is 62.3 Å². The number of hydrogen-bond acceptors (Lipinski definition) is 12. The fraction of sp³-hybridized carbons (Fsp3) is 0.362. The SMILES string of the molecule is Cc1ncsc1-c1ccc(CNC(=O)[C@@H]2C[C@@H](O)CN2C(=O)[C@@H](NC(=O)CNC(=O)C2CCN(c3ccc(NC(=O)c4cnc(Oc5ccccc5)nc4)cc3)CC2)C(C)(C)C)cc1. The Balaban J connectivity index is 0.848. The molecule has 64 heavy (non-hydrogen) atoms. The van der Waals surface area contributed by atoms with Gasteiger partial charge in [0.2, 0.25) is 23.6 Å². The number of para-hydroxylation sites is 1. The van der Waals surface area contributed by atoms with Crippen LogP contribution in [0.1, 0.15) is 61.6 Å². The molecule has 2 fully saturated rings. The number of aromatic nitrogens is 3. The second-order valence-corrected chi connectivity index (χ2v) is 17.9. The molecule has 4 heterocycles. The molecule has 2 aromatic heterocycles. The van der Waals surface area contributed by atoms with E-state index >= 15 is 0 Å². The number of nitrogens with zero attached hydrogens (tertiary/aromatic N) is 5. The molecule has 3 atom stereocenters. The van der Waals surface area contributed by atoms with Gasteiger partial charge in [0.25, 0.3) is 5.91 Å². The van der Waals surface area contributed by atoms with Crippen molar-refractivity contribution in [1.29, 1.82) is 0 Å². The van der Waals surface area contributed by atoms with Gasteiger partial charge in [-0.1, -0.05) is 63.2 Å². The predicted octanol–water partition coefficient (Wildman–Crippen LogP) is 5.09. The van der Waals surface area contributed by atoms with Crippen molar-refractivity contribution in [3.8, 4) is 22.2 Å². The van der Waals surface area contributed by atoms with Gasteiger partial charge in [-0.05, 0) is 72.7 Å². The first-order valence-electron chi connectivity index (χ1n) is 21.3. The van der Waals surface area contributed by atoms with E-state index < -0.39 is 41.3 Å². The normalized spacial score (nSPS) is 17.0. The number of piperidine rings is 1. The minimum Gasteiger partial charge on any atom is -0.424 e. The van der Waals surface area contributed by atoms with E-state index in [0.29, 0.717) is 37.4 Å². The maximum absolute atomic E-state index is 14.1. The van der Waals surface area contributed by atoms with Gasteiger partial charge in [0.1, 0.15) is 17.8 Å². The number of anilines is 2. The molecule has 0 radical (unpaired) electrons. The third-order valence-corrected chi connectivity index (χ3v) is 12.3. The van der Waals surface area contributed by atoms with E-state index in [0.717, 1.165) is 27.4 Å². The van der Waals surface area contributed by atoms with Crippen LogP contribution in [0.2, 0.25) is 0 Å². The fourth-order valence-corrected chi connectivity index (χ4v) is 8.55. The lowest BCUT2D eigenvalue weighted by Crippen LogP contribution is -2.58. The second kappa shape index (κ2) is 20.2. The number of thiazole rings is 1. The highest BCUT2D eigenvalue weighted by Crippen LogP contribution is 2.29. The topological polar surface area (TPSA) is 208 Å². The molecular formula is C47H53N9O7S. The largest absolute Gasteiger partial charge is 0.424 e. The average molecular weight is 888 g/mol. The van der Waals surface area contributed by atoms with Crippen molar-refractivity contribution in [3.63, 3.8) is 0 Å². The Morgan fingerprint density at radius 3 is 2.20 bits per heavy atom. The van der Waals surface area contributed by atoms with Crippen LogP contribution in [0.25, 0.3) is 10.4 Å². The summed E-state index contributed by atoms with van der Waals surface area (Å²) in [6.45, 7) is 8.48. The number of carbonyl (C=O) groups is 5. The van der Waals surface area contributed by atoms with E-state index in [9.17, 15) is 29.1 Å². The highest BCUT2D eigenvalue weighted by atomic mass is 32.1. The molecule has 5 aromatic rings. The standard InChI is InChI=1S/C47H53N9O7S/c1-29-40(64-28-52-29)31-12-10-30(11-13-31)23-48-44(61)38-22-36(57)27-56(38)45(62)41(47(2,3)4)54-39(58)26-49-42(59)32-18-20-55(21-19-32)35-16-14-34(15-17-35)53-43(60)33-24-50-46(51-25-33)63-37-8-6-5-7-9-37/h5-17,24-25,28,32,36,38,41,57H,18-23,26-27H2,1-4H3,(H,48,61)(H,49,59)(H,53,60)(H,54,58)/t36-,38+,41-/m1/s1. The Bertz CT molecular complexity index is 2420. The van der Waals surface area contributed by atoms with Crippen LogP contribution in [-0.2, 0) is 25.7 Å². The summed E-state index contributed by atoms with van der Waals surface area (Å²) in [6, 6.07) is 22.6. The number of hydrogen-bond donors (Lipinski definition) is 5. The molecular weight excluding hydrogens is 835 g/mol. The number of β-amino-alcohol motifs (C(OH)–C–C–N with tert-alkyl or cyclic N) is 1. The van der Waals surface area contributed by atoms with Crippen molar-refractivity contribution in [1.82, 2.24) is 35.8 Å². The fourth-order valence-electron chi connectivity index (χ4n) is 7.74. The summed E-state index contributed by atoms with van der Waals surface area (Å²) < 4.78 is 5.60. The second-order valence-electron chi connectivity index (χ2n) is 17.1. The number of rotatable bonds is 14. The molecule has 16 nitrogen and oxygen atoms in total. The van der Waals surface area contributed by atoms with Crippen LogP contribution < -0.4 is 30.9 Å². The third-order valence-electron chi connectivity index (χ3n) is 11.3. The summed E-state index contributed by atoms with van der Waals surface area (Å²) in [5.41, 5.74) is 5.75. The Labute approximate surface area is 375 Å². The van der Waals surface area contributed by atoms with E-state index in [1.807, 2.05) is 82.3 Å². The van der Waals surface area contributed by atoms with Gasteiger partial charge in [-0.2, -0.15) is 0 Å². The van der Waals surface area contributed by atoms with E-state index in [1.165, 1.54) is 17.3 Å². The Kier molecular flexibility index (Phi) is 14.3. The van der Waals surface area contributed by atoms with Crippen LogP contribution in [0, 0.1) is 18.3 Å². The zero-order chi connectivity index (χ0) is 45.4. The van der Waals surface area contributed by atoms with Crippen LogP contribution in [0.5, 0.6) is 11.8 Å². The summed E-state index contributed by atoms with van der Waals surface area (Å²) in [7, 11) is 0. The quantitative estimate of drug-likeness (QED) is 0.0992. The summed E-state index contributed by atoms with van der Waals surface area (Å²) in [6.07, 6.45) is 3.11. The van der Waals surface area contributed by atoms with Crippen molar-refractivity contribution in [2.75, 3.05) is 36.4 Å². The van der Waals surface area contributed by atoms with Crippen molar-refractivity contribution in [3.05, 3.63) is 114 Å². The van der Waals surface area contributed by atoms with E-state index in [1.54, 1.807) is 41.1 Å². The van der Waals surface area contributed by atoms with Crippen molar-refractivity contribution >= 4 is 52.2 Å². The number of likely N-dealkylation sites (tertiary alicyclic amines) is 1. The van der Waals surface area contributed by atoms with Crippen LogP contribution in [-0.4, -0.2) is 98.9 Å². The number of nitrogens with one attached hydrogen (secondary N) is 4. The molecule has 2 aliphatic heterocycles. The number of aliphatic hydroxyl groups is 1.